The maximum Gasteiger partial charge on any atom is 0.295 e. The molecule has 1 aliphatic heterocycles. The van der Waals surface area contributed by atoms with E-state index < -0.39 is 0 Å². The summed E-state index contributed by atoms with van der Waals surface area (Å²) in [6.07, 6.45) is 0. The molecule has 0 atom stereocenters. The molecule has 31 heavy (non-hydrogen) atoms. The number of ketones is 1. The van der Waals surface area contributed by atoms with Gasteiger partial charge in [0.2, 0.25) is 0 Å². The number of benzene rings is 1. The van der Waals surface area contributed by atoms with E-state index in [9.17, 15) is 9.59 Å². The molecule has 0 unspecified atom stereocenters. The van der Waals surface area contributed by atoms with Crippen LogP contribution in [0.3, 0.4) is 0 Å². The Balaban J connectivity index is 1.71. The summed E-state index contributed by atoms with van der Waals surface area (Å²) in [7, 11) is 4.00. The zero-order chi connectivity index (χ0) is 22.3. The third-order valence-corrected chi connectivity index (χ3v) is 6.44. The molecule has 1 saturated heterocycles. The molecule has 0 spiro atoms. The first-order chi connectivity index (χ1) is 14.8. The number of rotatable bonds is 5. The van der Waals surface area contributed by atoms with Crippen LogP contribution in [0.4, 0.5) is 0 Å². The van der Waals surface area contributed by atoms with Crippen LogP contribution in [-0.2, 0) is 7.05 Å². The van der Waals surface area contributed by atoms with Crippen molar-refractivity contribution in [1.29, 1.82) is 0 Å². The second-order valence-electron chi connectivity index (χ2n) is 8.53. The van der Waals surface area contributed by atoms with E-state index in [0.29, 0.717) is 17.8 Å². The van der Waals surface area contributed by atoms with Crippen LogP contribution < -0.4 is 5.56 Å². The third-order valence-electron chi connectivity index (χ3n) is 6.44. The first-order valence-electron chi connectivity index (χ1n) is 10.8. The van der Waals surface area contributed by atoms with Gasteiger partial charge < -0.3 is 9.47 Å². The molecule has 4 rings (SSSR count). The number of nitrogens with zero attached hydrogens (tertiary/aromatic N) is 5. The van der Waals surface area contributed by atoms with Crippen LogP contribution >= 0.6 is 0 Å². The van der Waals surface area contributed by atoms with Crippen LogP contribution in [0.1, 0.15) is 27.4 Å². The van der Waals surface area contributed by atoms with Crippen molar-refractivity contribution in [3.05, 3.63) is 69.4 Å². The summed E-state index contributed by atoms with van der Waals surface area (Å²) < 4.78 is 5.49. The summed E-state index contributed by atoms with van der Waals surface area (Å²) in [4.78, 5) is 31.1. The van der Waals surface area contributed by atoms with E-state index in [1.54, 1.807) is 4.68 Å². The van der Waals surface area contributed by atoms with Crippen molar-refractivity contribution in [2.24, 2.45) is 7.05 Å². The predicted molar refractivity (Wildman–Crippen MR) is 123 cm³/mol. The van der Waals surface area contributed by atoms with Crippen molar-refractivity contribution >= 4 is 5.78 Å². The monoisotopic (exact) mass is 421 g/mol. The zero-order valence-corrected chi connectivity index (χ0v) is 19.1. The minimum absolute atomic E-state index is 0.0916. The van der Waals surface area contributed by atoms with Crippen LogP contribution in [0.2, 0.25) is 0 Å². The summed E-state index contributed by atoms with van der Waals surface area (Å²) in [5.41, 5.74) is 4.59. The Labute approximate surface area is 183 Å². The number of Topliss-reactive ketones (excluding diaryl/α,β-unsaturated/α-hetero) is 1. The van der Waals surface area contributed by atoms with Crippen molar-refractivity contribution < 1.29 is 4.79 Å². The van der Waals surface area contributed by atoms with Crippen LogP contribution in [0, 0.1) is 20.8 Å². The first-order valence-corrected chi connectivity index (χ1v) is 10.8. The molecule has 3 heterocycles. The molecule has 7 heteroatoms. The molecule has 0 aliphatic carbocycles. The van der Waals surface area contributed by atoms with E-state index in [-0.39, 0.29) is 11.3 Å². The average Bonchev–Trinajstić information content (AvgIpc) is 3.16. The Morgan fingerprint density at radius 3 is 2.23 bits per heavy atom. The highest BCUT2D eigenvalue weighted by molar-refractivity contribution is 5.99. The SMILES string of the molecule is Cc1cc(C(=O)CN2CCN(C)CC2)c(C)n1-c1c(C)n(C)n(-c2ccccc2)c1=O. The van der Waals surface area contributed by atoms with Crippen LogP contribution in [0.5, 0.6) is 0 Å². The van der Waals surface area contributed by atoms with Gasteiger partial charge in [-0.15, -0.1) is 0 Å². The van der Waals surface area contributed by atoms with Gasteiger partial charge in [-0.05, 0) is 46.0 Å². The Bertz CT molecular complexity index is 1160. The standard InChI is InChI=1S/C24H31N5O2/c1-17-15-21(22(30)16-27-13-11-25(4)12-14-27)18(2)28(17)23-19(3)26(5)29(24(23)31)20-9-7-6-8-10-20/h6-10,15H,11-14,16H2,1-5H3. The molecule has 3 aromatic rings. The molecule has 1 aromatic carbocycles. The van der Waals surface area contributed by atoms with E-state index in [1.807, 2.05) is 73.5 Å². The van der Waals surface area contributed by atoms with E-state index in [4.69, 9.17) is 0 Å². The predicted octanol–water partition coefficient (Wildman–Crippen LogP) is 2.32. The van der Waals surface area contributed by atoms with Crippen molar-refractivity contribution in [2.45, 2.75) is 20.8 Å². The van der Waals surface area contributed by atoms with Gasteiger partial charge in [-0.3, -0.25) is 19.2 Å². The number of likely N-dealkylation sites (N-methyl/N-ethyl adjacent to an activating group) is 1. The van der Waals surface area contributed by atoms with Gasteiger partial charge >= 0.3 is 0 Å². The van der Waals surface area contributed by atoms with Crippen LogP contribution in [0.15, 0.2) is 41.2 Å². The lowest BCUT2D eigenvalue weighted by Gasteiger charge is -2.31. The highest BCUT2D eigenvalue weighted by Crippen LogP contribution is 2.23. The summed E-state index contributed by atoms with van der Waals surface area (Å²) in [6, 6.07) is 11.5. The van der Waals surface area contributed by atoms with Gasteiger partial charge in [0.05, 0.1) is 17.9 Å². The fourth-order valence-corrected chi connectivity index (χ4v) is 4.50. The second kappa shape index (κ2) is 8.32. The number of aryl methyl sites for hydroxylation is 1. The molecule has 2 aromatic heterocycles. The molecule has 7 nitrogen and oxygen atoms in total. The lowest BCUT2D eigenvalue weighted by Crippen LogP contribution is -2.46. The normalized spacial score (nSPS) is 15.5. The fraction of sp³-hybridized carbons (Fsp3) is 0.417. The Morgan fingerprint density at radius 2 is 1.58 bits per heavy atom. The highest BCUT2D eigenvalue weighted by atomic mass is 16.1. The molecule has 1 aliphatic rings. The molecule has 0 N–H and O–H groups in total. The number of carbonyl (C=O) groups is 1. The molecule has 164 valence electrons. The van der Waals surface area contributed by atoms with Gasteiger partial charge in [-0.1, -0.05) is 18.2 Å². The van der Waals surface area contributed by atoms with E-state index in [1.165, 1.54) is 0 Å². The minimum Gasteiger partial charge on any atom is -0.311 e. The molecule has 0 radical (unpaired) electrons. The van der Waals surface area contributed by atoms with Gasteiger partial charge in [0, 0.05) is 50.2 Å². The lowest BCUT2D eigenvalue weighted by atomic mass is 10.1. The third kappa shape index (κ3) is 3.79. The molecule has 0 saturated carbocycles. The largest absolute Gasteiger partial charge is 0.311 e. The van der Waals surface area contributed by atoms with Crippen LogP contribution in [0.25, 0.3) is 11.4 Å². The van der Waals surface area contributed by atoms with Gasteiger partial charge in [0.15, 0.2) is 5.78 Å². The quantitative estimate of drug-likeness (QED) is 0.594. The lowest BCUT2D eigenvalue weighted by molar-refractivity contribution is 0.0876. The Kier molecular flexibility index (Phi) is 5.73. The smallest absolute Gasteiger partial charge is 0.295 e. The summed E-state index contributed by atoms with van der Waals surface area (Å²) in [6.45, 7) is 10.0. The molecular weight excluding hydrogens is 390 g/mol. The number of piperazine rings is 1. The summed E-state index contributed by atoms with van der Waals surface area (Å²) >= 11 is 0. The van der Waals surface area contributed by atoms with Gasteiger partial charge in [-0.2, -0.15) is 0 Å². The number of aromatic nitrogens is 3. The van der Waals surface area contributed by atoms with Gasteiger partial charge in [0.1, 0.15) is 5.69 Å². The maximum atomic E-state index is 13.5. The molecule has 0 amide bonds. The van der Waals surface area contributed by atoms with Crippen molar-refractivity contribution in [2.75, 3.05) is 39.8 Å². The number of para-hydroxylation sites is 1. The van der Waals surface area contributed by atoms with E-state index >= 15 is 0 Å². The fourth-order valence-electron chi connectivity index (χ4n) is 4.50. The Morgan fingerprint density at radius 1 is 0.935 bits per heavy atom. The van der Waals surface area contributed by atoms with E-state index in [2.05, 4.69) is 16.8 Å². The van der Waals surface area contributed by atoms with Crippen LogP contribution in [-0.4, -0.2) is 69.3 Å². The van der Waals surface area contributed by atoms with Crippen molar-refractivity contribution in [1.82, 2.24) is 23.7 Å². The van der Waals surface area contributed by atoms with Crippen molar-refractivity contribution in [3.63, 3.8) is 0 Å². The minimum atomic E-state index is -0.0916. The molecular formula is C24H31N5O2. The topological polar surface area (TPSA) is 55.4 Å². The molecule has 0 bridgehead atoms. The average molecular weight is 422 g/mol. The zero-order valence-electron chi connectivity index (χ0n) is 19.1. The second-order valence-corrected chi connectivity index (χ2v) is 8.53. The summed E-state index contributed by atoms with van der Waals surface area (Å²) in [5, 5.41) is 0. The molecule has 1 fully saturated rings. The maximum absolute atomic E-state index is 13.5. The van der Waals surface area contributed by atoms with Gasteiger partial charge in [-0.25, -0.2) is 4.68 Å². The number of hydrogen-bond donors (Lipinski definition) is 0. The summed E-state index contributed by atoms with van der Waals surface area (Å²) in [5.74, 6) is 0.112. The van der Waals surface area contributed by atoms with Gasteiger partial charge in [0.25, 0.3) is 5.56 Å². The highest BCUT2D eigenvalue weighted by Gasteiger charge is 2.25. The number of hydrogen-bond acceptors (Lipinski definition) is 4. The van der Waals surface area contributed by atoms with E-state index in [0.717, 1.165) is 48.9 Å². The Hall–Kier alpha value is -2.90. The first kappa shape index (κ1) is 21.3. The number of carbonyl (C=O) groups excluding carboxylic acids is 1. The van der Waals surface area contributed by atoms with Crippen molar-refractivity contribution in [3.8, 4) is 11.4 Å².